The lowest BCUT2D eigenvalue weighted by molar-refractivity contribution is -0.137. The Balaban J connectivity index is 2.22. The van der Waals surface area contributed by atoms with Crippen molar-refractivity contribution in [3.05, 3.63) is 35.4 Å². The van der Waals surface area contributed by atoms with E-state index in [1.165, 1.54) is 6.07 Å². The van der Waals surface area contributed by atoms with Crippen LogP contribution in [0.3, 0.4) is 0 Å². The quantitative estimate of drug-likeness (QED) is 0.809. The molecule has 2 unspecified atom stereocenters. The molecule has 2 rings (SSSR count). The van der Waals surface area contributed by atoms with E-state index in [-0.39, 0.29) is 11.9 Å². The molecule has 3 N–H and O–H groups in total. The zero-order valence-corrected chi connectivity index (χ0v) is 9.50. The zero-order chi connectivity index (χ0) is 13.3. The lowest BCUT2D eigenvalue weighted by Crippen LogP contribution is -2.46. The predicted octanol–water partition coefficient (Wildman–Crippen LogP) is 1.98. The van der Waals surface area contributed by atoms with Crippen LogP contribution < -0.4 is 11.1 Å². The Bertz CT molecular complexity index is 459. The Labute approximate surface area is 102 Å². The first-order valence-electron chi connectivity index (χ1n) is 5.61. The van der Waals surface area contributed by atoms with Gasteiger partial charge < -0.3 is 11.1 Å². The number of piperidine rings is 1. The first kappa shape index (κ1) is 12.9. The number of alkyl halides is 3. The number of nitrogens with one attached hydrogen (secondary N) is 1. The van der Waals surface area contributed by atoms with Crippen molar-refractivity contribution in [3.63, 3.8) is 0 Å². The molecule has 1 aliphatic heterocycles. The van der Waals surface area contributed by atoms with Crippen molar-refractivity contribution in [1.82, 2.24) is 5.32 Å². The van der Waals surface area contributed by atoms with Crippen molar-refractivity contribution in [3.8, 4) is 0 Å². The summed E-state index contributed by atoms with van der Waals surface area (Å²) in [5.41, 5.74) is 5.28. The number of nitrogens with two attached hydrogens (primary N) is 1. The minimum absolute atomic E-state index is 0.316. The lowest BCUT2D eigenvalue weighted by Gasteiger charge is -2.27. The van der Waals surface area contributed by atoms with Gasteiger partial charge in [-0.3, -0.25) is 4.79 Å². The molecule has 98 valence electrons. The van der Waals surface area contributed by atoms with Gasteiger partial charge in [-0.05, 0) is 30.5 Å². The van der Waals surface area contributed by atoms with Crippen LogP contribution in [-0.4, -0.2) is 11.9 Å². The maximum Gasteiger partial charge on any atom is 0.416 e. The fraction of sp³-hybridized carbons (Fsp3) is 0.417. The molecule has 1 aromatic carbocycles. The average Bonchev–Trinajstić information content (AvgIpc) is 2.32. The van der Waals surface area contributed by atoms with Crippen LogP contribution in [0.1, 0.15) is 30.0 Å². The Morgan fingerprint density at radius 2 is 2.00 bits per heavy atom. The van der Waals surface area contributed by atoms with Crippen LogP contribution in [0.2, 0.25) is 0 Å². The first-order valence-corrected chi connectivity index (χ1v) is 5.61. The van der Waals surface area contributed by atoms with Crippen molar-refractivity contribution in [2.75, 3.05) is 0 Å². The third-order valence-corrected chi connectivity index (χ3v) is 3.04. The molecule has 1 aliphatic rings. The second kappa shape index (κ2) is 4.61. The second-order valence-electron chi connectivity index (χ2n) is 4.37. The number of rotatable bonds is 1. The summed E-state index contributed by atoms with van der Waals surface area (Å²) >= 11 is 0. The van der Waals surface area contributed by atoms with Crippen molar-refractivity contribution in [2.45, 2.75) is 31.1 Å². The highest BCUT2D eigenvalue weighted by molar-refractivity contribution is 5.82. The van der Waals surface area contributed by atoms with Gasteiger partial charge in [-0.2, -0.15) is 13.2 Å². The van der Waals surface area contributed by atoms with Crippen LogP contribution in [0.25, 0.3) is 0 Å². The highest BCUT2D eigenvalue weighted by Crippen LogP contribution is 2.32. The molecule has 0 saturated carbocycles. The maximum absolute atomic E-state index is 12.6. The van der Waals surface area contributed by atoms with E-state index in [0.717, 1.165) is 12.1 Å². The molecular formula is C12H13F3N2O. The standard InChI is InChI=1S/C12H13F3N2O/c13-12(14,15)8-3-1-2-7(6-8)10-5-4-9(16)11(18)17-10/h1-3,6,9-10H,4-5,16H2,(H,17,18). The molecule has 3 nitrogen and oxygen atoms in total. The van der Waals surface area contributed by atoms with E-state index in [9.17, 15) is 18.0 Å². The van der Waals surface area contributed by atoms with Crippen molar-refractivity contribution in [2.24, 2.45) is 5.73 Å². The van der Waals surface area contributed by atoms with Gasteiger partial charge in [0.15, 0.2) is 0 Å². The molecule has 0 radical (unpaired) electrons. The van der Waals surface area contributed by atoms with Crippen molar-refractivity contribution >= 4 is 5.91 Å². The highest BCUT2D eigenvalue weighted by Gasteiger charge is 2.32. The largest absolute Gasteiger partial charge is 0.416 e. The summed E-state index contributed by atoms with van der Waals surface area (Å²) in [6.07, 6.45) is -3.34. The zero-order valence-electron chi connectivity index (χ0n) is 9.50. The fourth-order valence-corrected chi connectivity index (χ4v) is 2.01. The summed E-state index contributed by atoms with van der Waals surface area (Å²) in [5, 5.41) is 2.63. The molecule has 0 aliphatic carbocycles. The minimum Gasteiger partial charge on any atom is -0.348 e. The number of halogens is 3. The van der Waals surface area contributed by atoms with Gasteiger partial charge in [-0.1, -0.05) is 12.1 Å². The van der Waals surface area contributed by atoms with E-state index in [2.05, 4.69) is 5.32 Å². The van der Waals surface area contributed by atoms with Gasteiger partial charge in [0.1, 0.15) is 0 Å². The van der Waals surface area contributed by atoms with Gasteiger partial charge in [-0.25, -0.2) is 0 Å². The lowest BCUT2D eigenvalue weighted by atomic mass is 9.94. The van der Waals surface area contributed by atoms with E-state index in [1.54, 1.807) is 6.07 Å². The predicted molar refractivity (Wildman–Crippen MR) is 59.5 cm³/mol. The van der Waals surface area contributed by atoms with E-state index in [1.807, 2.05) is 0 Å². The number of hydrogen-bond acceptors (Lipinski definition) is 2. The van der Waals surface area contributed by atoms with Gasteiger partial charge >= 0.3 is 6.18 Å². The van der Waals surface area contributed by atoms with Gasteiger partial charge in [0.2, 0.25) is 5.91 Å². The molecule has 1 heterocycles. The summed E-state index contributed by atoms with van der Waals surface area (Å²) in [6, 6.07) is 4.06. The molecule has 0 spiro atoms. The molecule has 6 heteroatoms. The third kappa shape index (κ3) is 2.64. The molecule has 0 bridgehead atoms. The number of amides is 1. The van der Waals surface area contributed by atoms with Gasteiger partial charge in [0.05, 0.1) is 17.6 Å². The van der Waals surface area contributed by atoms with E-state index < -0.39 is 17.8 Å². The Morgan fingerprint density at radius 3 is 2.61 bits per heavy atom. The first-order chi connectivity index (χ1) is 8.38. The Hall–Kier alpha value is -1.56. The summed E-state index contributed by atoms with van der Waals surface area (Å²) in [7, 11) is 0. The number of hydrogen-bond donors (Lipinski definition) is 2. The van der Waals surface area contributed by atoms with Crippen LogP contribution in [-0.2, 0) is 11.0 Å². The number of carbonyl (C=O) groups excluding carboxylic acids is 1. The number of carbonyl (C=O) groups is 1. The minimum atomic E-state index is -4.37. The molecule has 1 saturated heterocycles. The van der Waals surface area contributed by atoms with E-state index >= 15 is 0 Å². The van der Waals surface area contributed by atoms with Crippen molar-refractivity contribution in [1.29, 1.82) is 0 Å². The van der Waals surface area contributed by atoms with Gasteiger partial charge in [-0.15, -0.1) is 0 Å². The molecule has 2 atom stereocenters. The summed E-state index contributed by atoms with van der Waals surface area (Å²) in [6.45, 7) is 0. The Kier molecular flexibility index (Phi) is 3.30. The van der Waals surface area contributed by atoms with E-state index in [4.69, 9.17) is 5.73 Å². The van der Waals surface area contributed by atoms with Gasteiger partial charge in [0, 0.05) is 0 Å². The van der Waals surface area contributed by atoms with Crippen LogP contribution in [0, 0.1) is 0 Å². The van der Waals surface area contributed by atoms with E-state index in [0.29, 0.717) is 18.4 Å². The van der Waals surface area contributed by atoms with Crippen LogP contribution >= 0.6 is 0 Å². The summed E-state index contributed by atoms with van der Waals surface area (Å²) in [4.78, 5) is 11.4. The Morgan fingerprint density at radius 1 is 1.28 bits per heavy atom. The summed E-state index contributed by atoms with van der Waals surface area (Å²) in [5.74, 6) is -0.316. The second-order valence-corrected chi connectivity index (χ2v) is 4.37. The molecule has 1 fully saturated rings. The van der Waals surface area contributed by atoms with Crippen LogP contribution in [0.4, 0.5) is 13.2 Å². The monoisotopic (exact) mass is 258 g/mol. The average molecular weight is 258 g/mol. The highest BCUT2D eigenvalue weighted by atomic mass is 19.4. The number of benzene rings is 1. The molecule has 1 amide bonds. The maximum atomic E-state index is 12.6. The normalized spacial score (nSPS) is 24.8. The summed E-state index contributed by atoms with van der Waals surface area (Å²) < 4.78 is 37.7. The smallest absolute Gasteiger partial charge is 0.348 e. The van der Waals surface area contributed by atoms with Crippen LogP contribution in [0.5, 0.6) is 0 Å². The molecule has 18 heavy (non-hydrogen) atoms. The van der Waals surface area contributed by atoms with Gasteiger partial charge in [0.25, 0.3) is 0 Å². The topological polar surface area (TPSA) is 55.1 Å². The molecule has 0 aromatic heterocycles. The third-order valence-electron chi connectivity index (χ3n) is 3.04. The fourth-order valence-electron chi connectivity index (χ4n) is 2.01. The molecule has 1 aromatic rings. The van der Waals surface area contributed by atoms with Crippen LogP contribution in [0.15, 0.2) is 24.3 Å². The van der Waals surface area contributed by atoms with Crippen molar-refractivity contribution < 1.29 is 18.0 Å². The molecular weight excluding hydrogens is 245 g/mol. The SMILES string of the molecule is NC1CCC(c2cccc(C(F)(F)F)c2)NC1=O.